The fourth-order valence-electron chi connectivity index (χ4n) is 3.26. The van der Waals surface area contributed by atoms with Crippen LogP contribution in [0.5, 0.6) is 0 Å². The van der Waals surface area contributed by atoms with Gasteiger partial charge in [0, 0.05) is 38.1 Å². The number of rotatable bonds is 3. The molecule has 3 unspecified atom stereocenters. The molecular weight excluding hydrogens is 222 g/mol. The fourth-order valence-corrected chi connectivity index (χ4v) is 3.26. The van der Waals surface area contributed by atoms with E-state index in [0.29, 0.717) is 12.6 Å². The molecule has 3 nitrogen and oxygen atoms in total. The van der Waals surface area contributed by atoms with Crippen LogP contribution in [0.3, 0.4) is 0 Å². The van der Waals surface area contributed by atoms with E-state index in [4.69, 9.17) is 5.73 Å². The lowest BCUT2D eigenvalue weighted by Crippen LogP contribution is -2.43. The van der Waals surface area contributed by atoms with E-state index in [1.165, 1.54) is 17.5 Å². The van der Waals surface area contributed by atoms with E-state index in [1.54, 1.807) is 0 Å². The Balaban J connectivity index is 2.20. The van der Waals surface area contributed by atoms with Gasteiger partial charge in [0.25, 0.3) is 0 Å². The SMILES string of the molecule is Cc1ccncc1C(CN)N1CC(C)CC(C)C1. The molecule has 1 aromatic rings. The summed E-state index contributed by atoms with van der Waals surface area (Å²) in [6.45, 7) is 9.81. The summed E-state index contributed by atoms with van der Waals surface area (Å²) in [6, 6.07) is 2.40. The molecule has 0 aliphatic carbocycles. The number of hydrogen-bond acceptors (Lipinski definition) is 3. The molecule has 3 heteroatoms. The van der Waals surface area contributed by atoms with Crippen LogP contribution < -0.4 is 5.73 Å². The number of hydrogen-bond donors (Lipinski definition) is 1. The summed E-state index contributed by atoms with van der Waals surface area (Å²) in [5, 5.41) is 0. The van der Waals surface area contributed by atoms with Gasteiger partial charge >= 0.3 is 0 Å². The molecule has 2 heterocycles. The summed E-state index contributed by atoms with van der Waals surface area (Å²) < 4.78 is 0. The standard InChI is InChI=1S/C15H25N3/c1-11-6-12(2)10-18(9-11)15(7-16)14-8-17-5-4-13(14)3/h4-5,8,11-12,15H,6-7,9-10,16H2,1-3H3. The number of pyridine rings is 1. The van der Waals surface area contributed by atoms with E-state index >= 15 is 0 Å². The third-order valence-corrected chi connectivity index (χ3v) is 4.00. The molecule has 0 bridgehead atoms. The number of aryl methyl sites for hydroxylation is 1. The highest BCUT2D eigenvalue weighted by Gasteiger charge is 2.28. The van der Waals surface area contributed by atoms with Crippen LogP contribution in [0, 0.1) is 18.8 Å². The monoisotopic (exact) mass is 247 g/mol. The number of nitrogens with zero attached hydrogens (tertiary/aromatic N) is 2. The van der Waals surface area contributed by atoms with Gasteiger partial charge < -0.3 is 5.73 Å². The Kier molecular flexibility index (Phi) is 4.36. The molecular formula is C15H25N3. The van der Waals surface area contributed by atoms with Gasteiger partial charge in [-0.25, -0.2) is 0 Å². The normalized spacial score (nSPS) is 27.1. The second-order valence-electron chi connectivity index (χ2n) is 5.88. The van der Waals surface area contributed by atoms with Crippen LogP contribution in [-0.2, 0) is 0 Å². The Morgan fingerprint density at radius 1 is 1.39 bits per heavy atom. The molecule has 1 saturated heterocycles. The van der Waals surface area contributed by atoms with E-state index in [0.717, 1.165) is 24.9 Å². The van der Waals surface area contributed by atoms with E-state index < -0.39 is 0 Å². The molecule has 1 aliphatic rings. The Morgan fingerprint density at radius 2 is 2.06 bits per heavy atom. The van der Waals surface area contributed by atoms with Gasteiger partial charge in [-0.1, -0.05) is 13.8 Å². The molecule has 18 heavy (non-hydrogen) atoms. The highest BCUT2D eigenvalue weighted by molar-refractivity contribution is 5.25. The number of nitrogens with two attached hydrogens (primary N) is 1. The molecule has 0 saturated carbocycles. The van der Waals surface area contributed by atoms with E-state index in [9.17, 15) is 0 Å². The van der Waals surface area contributed by atoms with E-state index in [2.05, 4.69) is 36.7 Å². The minimum atomic E-state index is 0.323. The maximum absolute atomic E-state index is 6.03. The van der Waals surface area contributed by atoms with Crippen LogP contribution in [0.2, 0.25) is 0 Å². The maximum atomic E-state index is 6.03. The van der Waals surface area contributed by atoms with Gasteiger partial charge in [0.2, 0.25) is 0 Å². The van der Waals surface area contributed by atoms with Crippen molar-refractivity contribution < 1.29 is 0 Å². The molecule has 0 aromatic carbocycles. The minimum Gasteiger partial charge on any atom is -0.329 e. The van der Waals surface area contributed by atoms with Crippen LogP contribution in [0.4, 0.5) is 0 Å². The van der Waals surface area contributed by atoms with Crippen molar-refractivity contribution >= 4 is 0 Å². The van der Waals surface area contributed by atoms with Gasteiger partial charge in [0.05, 0.1) is 0 Å². The number of aromatic nitrogens is 1. The van der Waals surface area contributed by atoms with Gasteiger partial charge in [-0.15, -0.1) is 0 Å². The highest BCUT2D eigenvalue weighted by Crippen LogP contribution is 2.29. The first-order valence-corrected chi connectivity index (χ1v) is 6.96. The highest BCUT2D eigenvalue weighted by atomic mass is 15.2. The summed E-state index contributed by atoms with van der Waals surface area (Å²) in [5.74, 6) is 1.53. The first-order valence-electron chi connectivity index (χ1n) is 6.96. The summed E-state index contributed by atoms with van der Waals surface area (Å²) in [5.41, 5.74) is 8.62. The Bertz CT molecular complexity index is 381. The molecule has 100 valence electrons. The molecule has 2 N–H and O–H groups in total. The zero-order valence-electron chi connectivity index (χ0n) is 11.8. The smallest absolute Gasteiger partial charge is 0.0488 e. The quantitative estimate of drug-likeness (QED) is 0.891. The molecule has 2 rings (SSSR count). The molecule has 0 amide bonds. The average Bonchev–Trinajstić information content (AvgIpc) is 2.31. The molecule has 1 aliphatic heterocycles. The molecule has 1 fully saturated rings. The van der Waals surface area contributed by atoms with Crippen LogP contribution in [0.15, 0.2) is 18.5 Å². The third kappa shape index (κ3) is 2.90. The lowest BCUT2D eigenvalue weighted by atomic mass is 9.89. The van der Waals surface area contributed by atoms with Crippen LogP contribution >= 0.6 is 0 Å². The van der Waals surface area contributed by atoms with Gasteiger partial charge in [-0.2, -0.15) is 0 Å². The average molecular weight is 247 g/mol. The van der Waals surface area contributed by atoms with Crippen molar-refractivity contribution in [1.82, 2.24) is 9.88 Å². The number of likely N-dealkylation sites (tertiary alicyclic amines) is 1. The summed E-state index contributed by atoms with van der Waals surface area (Å²) in [4.78, 5) is 6.81. The summed E-state index contributed by atoms with van der Waals surface area (Å²) >= 11 is 0. The first-order chi connectivity index (χ1) is 8.61. The minimum absolute atomic E-state index is 0.323. The summed E-state index contributed by atoms with van der Waals surface area (Å²) in [6.07, 6.45) is 5.17. The van der Waals surface area contributed by atoms with Gasteiger partial charge in [0.15, 0.2) is 0 Å². The topological polar surface area (TPSA) is 42.1 Å². The Hall–Kier alpha value is -0.930. The second-order valence-corrected chi connectivity index (χ2v) is 5.88. The zero-order valence-corrected chi connectivity index (χ0v) is 11.8. The van der Waals surface area contributed by atoms with Crippen molar-refractivity contribution in [2.45, 2.75) is 33.2 Å². The van der Waals surface area contributed by atoms with Crippen LogP contribution in [0.25, 0.3) is 0 Å². The van der Waals surface area contributed by atoms with Gasteiger partial charge in [-0.05, 0) is 42.4 Å². The van der Waals surface area contributed by atoms with Crippen molar-refractivity contribution in [3.63, 3.8) is 0 Å². The molecule has 3 atom stereocenters. The maximum Gasteiger partial charge on any atom is 0.0488 e. The molecule has 0 radical (unpaired) electrons. The van der Waals surface area contributed by atoms with Crippen molar-refractivity contribution in [3.8, 4) is 0 Å². The summed E-state index contributed by atoms with van der Waals surface area (Å²) in [7, 11) is 0. The van der Waals surface area contributed by atoms with Crippen molar-refractivity contribution in [2.75, 3.05) is 19.6 Å². The van der Waals surface area contributed by atoms with Gasteiger partial charge in [-0.3, -0.25) is 9.88 Å². The Morgan fingerprint density at radius 3 is 2.61 bits per heavy atom. The third-order valence-electron chi connectivity index (χ3n) is 4.00. The lowest BCUT2D eigenvalue weighted by molar-refractivity contribution is 0.0980. The molecule has 0 spiro atoms. The lowest BCUT2D eigenvalue weighted by Gasteiger charge is -2.40. The second kappa shape index (κ2) is 5.81. The van der Waals surface area contributed by atoms with E-state index in [1.807, 2.05) is 12.4 Å². The van der Waals surface area contributed by atoms with Crippen LogP contribution in [0.1, 0.15) is 37.4 Å². The van der Waals surface area contributed by atoms with E-state index in [-0.39, 0.29) is 0 Å². The van der Waals surface area contributed by atoms with Gasteiger partial charge in [0.1, 0.15) is 0 Å². The van der Waals surface area contributed by atoms with Crippen molar-refractivity contribution in [3.05, 3.63) is 29.6 Å². The Labute approximate surface area is 110 Å². The number of piperidine rings is 1. The largest absolute Gasteiger partial charge is 0.329 e. The first kappa shape index (κ1) is 13.5. The van der Waals surface area contributed by atoms with Crippen molar-refractivity contribution in [1.29, 1.82) is 0 Å². The predicted octanol–water partition coefficient (Wildman–Crippen LogP) is 2.37. The fraction of sp³-hybridized carbons (Fsp3) is 0.667. The van der Waals surface area contributed by atoms with Crippen molar-refractivity contribution in [2.24, 2.45) is 17.6 Å². The zero-order chi connectivity index (χ0) is 13.1. The molecule has 1 aromatic heterocycles. The predicted molar refractivity (Wildman–Crippen MR) is 75.3 cm³/mol. The van der Waals surface area contributed by atoms with Crippen LogP contribution in [-0.4, -0.2) is 29.5 Å².